The van der Waals surface area contributed by atoms with Gasteiger partial charge >= 0.3 is 0 Å². The van der Waals surface area contributed by atoms with E-state index in [0.29, 0.717) is 17.1 Å². The zero-order chi connectivity index (χ0) is 20.8. The van der Waals surface area contributed by atoms with E-state index >= 15 is 0 Å². The minimum Gasteiger partial charge on any atom is -0.489 e. The standard InChI is InChI=1S/C22H20FN3O3/c1-14(2)29-20-6-4-3-5-18(20)26-21(27)15-11-12-24-19(13-15)22(28)25-17-9-7-16(23)8-10-17/h3-14H,1-2H3,(H,25,28)(H,26,27). The Bertz CT molecular complexity index is 1020. The van der Waals surface area contributed by atoms with Crippen LogP contribution in [0.2, 0.25) is 0 Å². The quantitative estimate of drug-likeness (QED) is 0.646. The summed E-state index contributed by atoms with van der Waals surface area (Å²) < 4.78 is 18.7. The van der Waals surface area contributed by atoms with Crippen molar-refractivity contribution in [3.8, 4) is 5.75 Å². The fourth-order valence-corrected chi connectivity index (χ4v) is 2.55. The maximum atomic E-state index is 13.0. The minimum atomic E-state index is -0.505. The molecule has 3 rings (SSSR count). The molecule has 0 saturated carbocycles. The highest BCUT2D eigenvalue weighted by Crippen LogP contribution is 2.25. The van der Waals surface area contributed by atoms with Crippen molar-refractivity contribution in [2.24, 2.45) is 0 Å². The number of ether oxygens (including phenoxy) is 1. The van der Waals surface area contributed by atoms with Gasteiger partial charge in [0.05, 0.1) is 11.8 Å². The van der Waals surface area contributed by atoms with Crippen molar-refractivity contribution in [3.63, 3.8) is 0 Å². The van der Waals surface area contributed by atoms with Gasteiger partial charge in [0.1, 0.15) is 17.3 Å². The first kappa shape index (κ1) is 20.0. The lowest BCUT2D eigenvalue weighted by molar-refractivity contribution is 0.102. The number of nitrogens with zero attached hydrogens (tertiary/aromatic N) is 1. The number of anilines is 2. The summed E-state index contributed by atoms with van der Waals surface area (Å²) in [5.41, 5.74) is 1.28. The summed E-state index contributed by atoms with van der Waals surface area (Å²) in [7, 11) is 0. The summed E-state index contributed by atoms with van der Waals surface area (Å²) in [6, 6.07) is 15.4. The van der Waals surface area contributed by atoms with Crippen molar-refractivity contribution >= 4 is 23.2 Å². The lowest BCUT2D eigenvalue weighted by Gasteiger charge is -2.15. The molecule has 1 heterocycles. The third-order valence-electron chi connectivity index (χ3n) is 3.85. The number of nitrogens with one attached hydrogen (secondary N) is 2. The van der Waals surface area contributed by atoms with E-state index in [9.17, 15) is 14.0 Å². The van der Waals surface area contributed by atoms with Gasteiger partial charge in [-0.15, -0.1) is 0 Å². The third kappa shape index (κ3) is 5.38. The molecule has 0 aliphatic heterocycles. The van der Waals surface area contributed by atoms with Crippen LogP contribution in [0, 0.1) is 5.82 Å². The second-order valence-corrected chi connectivity index (χ2v) is 6.51. The smallest absolute Gasteiger partial charge is 0.274 e. The third-order valence-corrected chi connectivity index (χ3v) is 3.85. The number of amides is 2. The van der Waals surface area contributed by atoms with Gasteiger partial charge in [0, 0.05) is 17.4 Å². The van der Waals surface area contributed by atoms with Crippen LogP contribution in [0.3, 0.4) is 0 Å². The zero-order valence-electron chi connectivity index (χ0n) is 16.0. The van der Waals surface area contributed by atoms with Gasteiger partial charge in [0.15, 0.2) is 0 Å². The van der Waals surface area contributed by atoms with E-state index in [-0.39, 0.29) is 17.4 Å². The predicted octanol–water partition coefficient (Wildman–Crippen LogP) is 4.51. The number of benzene rings is 2. The van der Waals surface area contributed by atoms with E-state index in [1.165, 1.54) is 42.6 Å². The van der Waals surface area contributed by atoms with Crippen LogP contribution in [-0.2, 0) is 0 Å². The van der Waals surface area contributed by atoms with Crippen LogP contribution in [0.25, 0.3) is 0 Å². The molecular weight excluding hydrogens is 373 g/mol. The van der Waals surface area contributed by atoms with Crippen LogP contribution in [0.1, 0.15) is 34.7 Å². The Kier molecular flexibility index (Phi) is 6.19. The van der Waals surface area contributed by atoms with Crippen LogP contribution in [-0.4, -0.2) is 22.9 Å². The summed E-state index contributed by atoms with van der Waals surface area (Å²) >= 11 is 0. The number of carbonyl (C=O) groups excluding carboxylic acids is 2. The van der Waals surface area contributed by atoms with Gasteiger partial charge in [0.2, 0.25) is 0 Å². The fourth-order valence-electron chi connectivity index (χ4n) is 2.55. The normalized spacial score (nSPS) is 10.5. The number of hydrogen-bond donors (Lipinski definition) is 2. The SMILES string of the molecule is CC(C)Oc1ccccc1NC(=O)c1ccnc(C(=O)Nc2ccc(F)cc2)c1. The van der Waals surface area contributed by atoms with Crippen LogP contribution in [0.15, 0.2) is 66.9 Å². The summed E-state index contributed by atoms with van der Waals surface area (Å²) in [6.07, 6.45) is 1.33. The highest BCUT2D eigenvalue weighted by atomic mass is 19.1. The lowest BCUT2D eigenvalue weighted by Crippen LogP contribution is -2.17. The second kappa shape index (κ2) is 8.97. The molecule has 148 valence electrons. The monoisotopic (exact) mass is 393 g/mol. The maximum Gasteiger partial charge on any atom is 0.274 e. The Hall–Kier alpha value is -3.74. The molecule has 0 saturated heterocycles. The van der Waals surface area contributed by atoms with Gasteiger partial charge in [-0.2, -0.15) is 0 Å². The van der Waals surface area contributed by atoms with Crippen LogP contribution >= 0.6 is 0 Å². The Morgan fingerprint density at radius 1 is 0.966 bits per heavy atom. The number of hydrogen-bond acceptors (Lipinski definition) is 4. The lowest BCUT2D eigenvalue weighted by atomic mass is 10.2. The molecule has 6 nitrogen and oxygen atoms in total. The number of para-hydroxylation sites is 2. The van der Waals surface area contributed by atoms with Crippen LogP contribution in [0.5, 0.6) is 5.75 Å². The number of pyridine rings is 1. The first-order valence-electron chi connectivity index (χ1n) is 9.02. The molecule has 0 bridgehead atoms. The van der Waals surface area contributed by atoms with E-state index in [1.807, 2.05) is 19.9 Å². The molecule has 2 aromatic carbocycles. The number of rotatable bonds is 6. The minimum absolute atomic E-state index is 0.0456. The molecule has 3 aromatic rings. The van der Waals surface area contributed by atoms with Gasteiger partial charge in [0.25, 0.3) is 11.8 Å². The first-order valence-corrected chi connectivity index (χ1v) is 9.02. The fraction of sp³-hybridized carbons (Fsp3) is 0.136. The highest BCUT2D eigenvalue weighted by Gasteiger charge is 2.14. The Labute approximate surface area is 167 Å². The molecule has 0 fully saturated rings. The van der Waals surface area contributed by atoms with E-state index in [0.717, 1.165) is 0 Å². The molecule has 2 N–H and O–H groups in total. The van der Waals surface area contributed by atoms with E-state index in [1.54, 1.807) is 18.2 Å². The maximum absolute atomic E-state index is 13.0. The highest BCUT2D eigenvalue weighted by molar-refractivity contribution is 6.08. The summed E-state index contributed by atoms with van der Waals surface area (Å²) in [4.78, 5) is 29.1. The molecule has 0 aliphatic carbocycles. The molecule has 29 heavy (non-hydrogen) atoms. The van der Waals surface area contributed by atoms with Gasteiger partial charge in [-0.25, -0.2) is 4.39 Å². The topological polar surface area (TPSA) is 80.3 Å². The number of aromatic nitrogens is 1. The van der Waals surface area contributed by atoms with Crippen molar-refractivity contribution in [1.82, 2.24) is 4.98 Å². The molecule has 0 unspecified atom stereocenters. The van der Waals surface area contributed by atoms with Crippen molar-refractivity contribution < 1.29 is 18.7 Å². The van der Waals surface area contributed by atoms with Crippen molar-refractivity contribution in [3.05, 3.63) is 83.9 Å². The number of carbonyl (C=O) groups is 2. The molecule has 0 radical (unpaired) electrons. The molecule has 2 amide bonds. The Morgan fingerprint density at radius 3 is 2.41 bits per heavy atom. The van der Waals surface area contributed by atoms with Crippen molar-refractivity contribution in [2.45, 2.75) is 20.0 Å². The molecule has 0 atom stereocenters. The van der Waals surface area contributed by atoms with Crippen LogP contribution < -0.4 is 15.4 Å². The zero-order valence-corrected chi connectivity index (χ0v) is 16.0. The first-order chi connectivity index (χ1) is 13.9. The summed E-state index contributed by atoms with van der Waals surface area (Å²) in [5, 5.41) is 5.40. The summed E-state index contributed by atoms with van der Waals surface area (Å²) in [5.74, 6) is -0.751. The average molecular weight is 393 g/mol. The molecular formula is C22H20FN3O3. The van der Waals surface area contributed by atoms with Crippen LogP contribution in [0.4, 0.5) is 15.8 Å². The van der Waals surface area contributed by atoms with E-state index in [2.05, 4.69) is 15.6 Å². The van der Waals surface area contributed by atoms with Crippen molar-refractivity contribution in [2.75, 3.05) is 10.6 Å². The molecule has 0 aliphatic rings. The largest absolute Gasteiger partial charge is 0.489 e. The van der Waals surface area contributed by atoms with Gasteiger partial charge in [-0.3, -0.25) is 14.6 Å². The van der Waals surface area contributed by atoms with Gasteiger partial charge in [-0.05, 0) is 62.4 Å². The predicted molar refractivity (Wildman–Crippen MR) is 109 cm³/mol. The van der Waals surface area contributed by atoms with Gasteiger partial charge in [-0.1, -0.05) is 12.1 Å². The van der Waals surface area contributed by atoms with E-state index in [4.69, 9.17) is 4.74 Å². The van der Waals surface area contributed by atoms with Crippen molar-refractivity contribution in [1.29, 1.82) is 0 Å². The second-order valence-electron chi connectivity index (χ2n) is 6.51. The van der Waals surface area contributed by atoms with E-state index < -0.39 is 17.6 Å². The average Bonchev–Trinajstić information content (AvgIpc) is 2.71. The molecule has 7 heteroatoms. The van der Waals surface area contributed by atoms with Gasteiger partial charge < -0.3 is 15.4 Å². The Balaban J connectivity index is 1.74. The summed E-state index contributed by atoms with van der Waals surface area (Å²) in [6.45, 7) is 3.79. The number of halogens is 1. The molecule has 1 aromatic heterocycles. The molecule has 0 spiro atoms. The Morgan fingerprint density at radius 2 is 1.69 bits per heavy atom.